The van der Waals surface area contributed by atoms with Gasteiger partial charge < -0.3 is 5.73 Å². The molecule has 0 heterocycles. The van der Waals surface area contributed by atoms with Gasteiger partial charge >= 0.3 is 0 Å². The average molecular weight is 304 g/mol. The van der Waals surface area contributed by atoms with E-state index in [-0.39, 0.29) is 28.1 Å². The molecule has 0 saturated carbocycles. The van der Waals surface area contributed by atoms with Crippen molar-refractivity contribution in [2.45, 2.75) is 26.3 Å². The second-order valence-corrected chi connectivity index (χ2v) is 5.90. The molecule has 7 heteroatoms. The summed E-state index contributed by atoms with van der Waals surface area (Å²) >= 11 is 11.7. The molecule has 0 aromatic heterocycles. The fourth-order valence-corrected chi connectivity index (χ4v) is 1.85. The maximum Gasteiger partial charge on any atom is 0.184 e. The Hall–Kier alpha value is -1.33. The van der Waals surface area contributed by atoms with Crippen LogP contribution in [0, 0.1) is 4.91 Å². The monoisotopic (exact) mass is 303 g/mol. The summed E-state index contributed by atoms with van der Waals surface area (Å²) in [6.45, 7) is 5.20. The Labute approximate surface area is 121 Å². The lowest BCUT2D eigenvalue weighted by molar-refractivity contribution is 0.0819. The van der Waals surface area contributed by atoms with E-state index in [2.05, 4.69) is 5.29 Å². The zero-order valence-corrected chi connectivity index (χ0v) is 12.4. The second kappa shape index (κ2) is 5.75. The maximum absolute atomic E-state index is 12.1. The Balaban J connectivity index is 2.99. The van der Waals surface area contributed by atoms with Crippen molar-refractivity contribution >= 4 is 34.7 Å². The van der Waals surface area contributed by atoms with E-state index < -0.39 is 5.54 Å². The topological polar surface area (TPSA) is 75.8 Å². The van der Waals surface area contributed by atoms with Gasteiger partial charge in [0.25, 0.3) is 0 Å². The molecule has 0 saturated heterocycles. The third-order valence-corrected chi connectivity index (χ3v) is 3.19. The molecule has 0 spiro atoms. The molecule has 19 heavy (non-hydrogen) atoms. The Morgan fingerprint density at radius 2 is 1.79 bits per heavy atom. The van der Waals surface area contributed by atoms with Crippen LogP contribution in [0.1, 0.15) is 31.1 Å². The van der Waals surface area contributed by atoms with Crippen LogP contribution in [0.15, 0.2) is 17.4 Å². The summed E-state index contributed by atoms with van der Waals surface area (Å²) in [7, 11) is 0. The summed E-state index contributed by atoms with van der Waals surface area (Å²) in [6, 6.07) is 2.85. The van der Waals surface area contributed by atoms with Gasteiger partial charge in [-0.2, -0.15) is 0 Å². The molecule has 0 aliphatic rings. The third-order valence-electron chi connectivity index (χ3n) is 2.57. The van der Waals surface area contributed by atoms with E-state index in [1.165, 1.54) is 12.1 Å². The minimum atomic E-state index is -0.543. The molecule has 0 aliphatic heterocycles. The number of hydrogen-bond acceptors (Lipinski definition) is 4. The van der Waals surface area contributed by atoms with E-state index >= 15 is 0 Å². The number of Topliss-reactive ketones (excluding diaryl/α,β-unsaturated/α-hetero) is 1. The van der Waals surface area contributed by atoms with Crippen molar-refractivity contribution in [1.82, 2.24) is 5.01 Å². The lowest BCUT2D eigenvalue weighted by atomic mass is 10.1. The quantitative estimate of drug-likeness (QED) is 0.399. The number of anilines is 1. The van der Waals surface area contributed by atoms with Gasteiger partial charge in [0.2, 0.25) is 0 Å². The summed E-state index contributed by atoms with van der Waals surface area (Å²) in [5.74, 6) is -0.307. The highest BCUT2D eigenvalue weighted by Crippen LogP contribution is 2.29. The second-order valence-electron chi connectivity index (χ2n) is 5.09. The van der Waals surface area contributed by atoms with Gasteiger partial charge in [0.15, 0.2) is 5.78 Å². The van der Waals surface area contributed by atoms with E-state index in [9.17, 15) is 9.70 Å². The number of nitrogens with zero attached hydrogens (tertiary/aromatic N) is 2. The van der Waals surface area contributed by atoms with E-state index in [1.54, 1.807) is 20.8 Å². The van der Waals surface area contributed by atoms with Gasteiger partial charge in [-0.25, -0.2) is 5.01 Å². The number of nitroso groups, excluding NO2 is 1. The molecule has 0 unspecified atom stereocenters. The lowest BCUT2D eigenvalue weighted by Crippen LogP contribution is -2.40. The first-order chi connectivity index (χ1) is 8.66. The summed E-state index contributed by atoms with van der Waals surface area (Å²) < 4.78 is 0. The SMILES string of the molecule is CC(C)(C)N(CC(=O)c1cc(Cl)c(N)c(Cl)c1)N=O. The molecule has 0 fully saturated rings. The van der Waals surface area contributed by atoms with Gasteiger partial charge in [0, 0.05) is 5.56 Å². The van der Waals surface area contributed by atoms with Crippen molar-refractivity contribution in [2.75, 3.05) is 12.3 Å². The van der Waals surface area contributed by atoms with Crippen LogP contribution in [-0.4, -0.2) is 22.9 Å². The smallest absolute Gasteiger partial charge is 0.184 e. The Bertz CT molecular complexity index is 489. The highest BCUT2D eigenvalue weighted by atomic mass is 35.5. The number of carbonyl (C=O) groups excluding carboxylic acids is 1. The standard InChI is InChI=1S/C12H15Cl2N3O2/c1-12(2,3)17(16-19)6-10(18)7-4-8(13)11(15)9(14)5-7/h4-5H,6,15H2,1-3H3. The number of benzene rings is 1. The average Bonchev–Trinajstić information content (AvgIpc) is 2.30. The highest BCUT2D eigenvalue weighted by Gasteiger charge is 2.24. The molecule has 2 N–H and O–H groups in total. The van der Waals surface area contributed by atoms with Gasteiger partial charge in [0.05, 0.1) is 26.6 Å². The summed E-state index contributed by atoms with van der Waals surface area (Å²) in [4.78, 5) is 22.8. The van der Waals surface area contributed by atoms with Crippen LogP contribution in [0.3, 0.4) is 0 Å². The molecule has 0 aliphatic carbocycles. The molecule has 104 valence electrons. The lowest BCUT2D eigenvalue weighted by Gasteiger charge is -2.29. The molecule has 0 amide bonds. The van der Waals surface area contributed by atoms with Crippen LogP contribution in [0.2, 0.25) is 10.0 Å². The number of nitrogens with two attached hydrogens (primary N) is 1. The fraction of sp³-hybridized carbons (Fsp3) is 0.417. The fourth-order valence-electron chi connectivity index (χ4n) is 1.36. The van der Waals surface area contributed by atoms with Gasteiger partial charge in [-0.3, -0.25) is 4.79 Å². The molecule has 1 aromatic carbocycles. The Morgan fingerprint density at radius 1 is 1.32 bits per heavy atom. The zero-order valence-electron chi connectivity index (χ0n) is 10.9. The van der Waals surface area contributed by atoms with Gasteiger partial charge in [-0.1, -0.05) is 23.2 Å². The highest BCUT2D eigenvalue weighted by molar-refractivity contribution is 6.39. The predicted molar refractivity (Wildman–Crippen MR) is 77.5 cm³/mol. The van der Waals surface area contributed by atoms with Crippen LogP contribution in [0.25, 0.3) is 0 Å². The van der Waals surface area contributed by atoms with E-state index in [0.717, 1.165) is 5.01 Å². The first kappa shape index (κ1) is 15.7. The van der Waals surface area contributed by atoms with E-state index in [4.69, 9.17) is 28.9 Å². The number of rotatable bonds is 4. The maximum atomic E-state index is 12.1. The van der Waals surface area contributed by atoms with Crippen LogP contribution in [0.4, 0.5) is 5.69 Å². The summed E-state index contributed by atoms with van der Waals surface area (Å²) in [6.07, 6.45) is 0. The predicted octanol–water partition coefficient (Wildman–Crippen LogP) is 3.54. The molecular weight excluding hydrogens is 289 g/mol. The third kappa shape index (κ3) is 3.81. The molecular formula is C12H15Cl2N3O2. The number of hydrogen-bond donors (Lipinski definition) is 1. The van der Waals surface area contributed by atoms with Crippen molar-refractivity contribution in [3.8, 4) is 0 Å². The van der Waals surface area contributed by atoms with Crippen LogP contribution < -0.4 is 5.73 Å². The molecule has 0 atom stereocenters. The zero-order chi connectivity index (χ0) is 14.8. The summed E-state index contributed by atoms with van der Waals surface area (Å²) in [5, 5.41) is 4.43. The van der Waals surface area contributed by atoms with Crippen molar-refractivity contribution in [3.05, 3.63) is 32.6 Å². The van der Waals surface area contributed by atoms with Gasteiger partial charge in [-0.05, 0) is 32.9 Å². The molecule has 0 bridgehead atoms. The minimum Gasteiger partial charge on any atom is -0.396 e. The van der Waals surface area contributed by atoms with E-state index in [1.807, 2.05) is 0 Å². The molecule has 1 rings (SSSR count). The van der Waals surface area contributed by atoms with Crippen LogP contribution >= 0.6 is 23.2 Å². The first-order valence-electron chi connectivity index (χ1n) is 5.55. The van der Waals surface area contributed by atoms with Gasteiger partial charge in [-0.15, -0.1) is 4.91 Å². The molecule has 5 nitrogen and oxygen atoms in total. The largest absolute Gasteiger partial charge is 0.396 e. The molecule has 0 radical (unpaired) electrons. The van der Waals surface area contributed by atoms with Crippen LogP contribution in [0.5, 0.6) is 0 Å². The van der Waals surface area contributed by atoms with Crippen molar-refractivity contribution in [2.24, 2.45) is 5.29 Å². The Kier molecular flexibility index (Phi) is 4.76. The molecule has 1 aromatic rings. The van der Waals surface area contributed by atoms with E-state index in [0.29, 0.717) is 5.56 Å². The number of carbonyl (C=O) groups is 1. The van der Waals surface area contributed by atoms with Crippen LogP contribution in [-0.2, 0) is 0 Å². The Morgan fingerprint density at radius 3 is 2.16 bits per heavy atom. The van der Waals surface area contributed by atoms with Gasteiger partial charge in [0.1, 0.15) is 6.54 Å². The number of nitrogen functional groups attached to an aromatic ring is 1. The summed E-state index contributed by atoms with van der Waals surface area (Å²) in [5.41, 5.74) is 5.57. The number of ketones is 1. The number of halogens is 2. The van der Waals surface area contributed by atoms with Crippen molar-refractivity contribution < 1.29 is 4.79 Å². The minimum absolute atomic E-state index is 0.149. The van der Waals surface area contributed by atoms with Crippen molar-refractivity contribution in [1.29, 1.82) is 0 Å². The van der Waals surface area contributed by atoms with Crippen molar-refractivity contribution in [3.63, 3.8) is 0 Å². The first-order valence-corrected chi connectivity index (χ1v) is 6.31. The normalized spacial score (nSPS) is 11.2.